The minimum absolute atomic E-state index is 0.0367. The lowest BCUT2D eigenvalue weighted by Crippen LogP contribution is -2.31. The van der Waals surface area contributed by atoms with Gasteiger partial charge in [0.15, 0.2) is 0 Å². The molecule has 34 heavy (non-hydrogen) atoms. The van der Waals surface area contributed by atoms with Crippen molar-refractivity contribution in [2.24, 2.45) is 16.9 Å². The molecule has 0 saturated carbocycles. The van der Waals surface area contributed by atoms with Crippen molar-refractivity contribution in [1.82, 2.24) is 0 Å². The molecule has 0 fully saturated rings. The van der Waals surface area contributed by atoms with E-state index in [1.54, 1.807) is 11.8 Å². The Bertz CT molecular complexity index is 635. The monoisotopic (exact) mass is 534 g/mol. The van der Waals surface area contributed by atoms with Crippen LogP contribution in [0.15, 0.2) is 0 Å². The standard InChI is InChI=1S/C13H26N2O4S.2C2HF3O2/c1-13(2,5-3-9(14)11(16)17)6-8-20-7-4-10(15)12(18)19;2*3-2(4,5)1(6)7/h9-10H,3-8,14-15H2,1-2H3,(H,16,17)(H,18,19);2*(H,6,7)/t9?,10-;;/m0../s1. The van der Waals surface area contributed by atoms with Crippen LogP contribution in [0.1, 0.15) is 39.5 Å². The average molecular weight is 534 g/mol. The minimum atomic E-state index is -5.08. The number of carbonyl (C=O) groups is 4. The Labute approximate surface area is 194 Å². The topological polar surface area (TPSA) is 201 Å². The summed E-state index contributed by atoms with van der Waals surface area (Å²) >= 11 is 1.68. The average Bonchev–Trinajstić information content (AvgIpc) is 2.64. The maximum Gasteiger partial charge on any atom is 0.490 e. The summed E-state index contributed by atoms with van der Waals surface area (Å²) in [7, 11) is 0. The van der Waals surface area contributed by atoms with E-state index in [4.69, 9.17) is 41.5 Å². The second-order valence-corrected chi connectivity index (χ2v) is 8.57. The molecule has 0 aliphatic rings. The molecule has 0 aromatic carbocycles. The van der Waals surface area contributed by atoms with Gasteiger partial charge in [-0.2, -0.15) is 38.1 Å². The molecule has 0 aromatic heterocycles. The zero-order valence-electron chi connectivity index (χ0n) is 18.1. The third-order valence-electron chi connectivity index (χ3n) is 3.75. The van der Waals surface area contributed by atoms with Crippen molar-refractivity contribution in [2.75, 3.05) is 11.5 Å². The van der Waals surface area contributed by atoms with Crippen LogP contribution in [0.3, 0.4) is 0 Å². The molecule has 0 aliphatic heterocycles. The first kappa shape index (κ1) is 36.3. The van der Waals surface area contributed by atoms with Crippen LogP contribution in [0.25, 0.3) is 0 Å². The van der Waals surface area contributed by atoms with Crippen LogP contribution >= 0.6 is 11.8 Å². The maximum atomic E-state index is 10.6. The van der Waals surface area contributed by atoms with Crippen LogP contribution in [0.5, 0.6) is 0 Å². The first-order valence-electron chi connectivity index (χ1n) is 9.19. The van der Waals surface area contributed by atoms with E-state index in [1.807, 2.05) is 0 Å². The van der Waals surface area contributed by atoms with Gasteiger partial charge in [0.1, 0.15) is 12.1 Å². The van der Waals surface area contributed by atoms with Gasteiger partial charge in [0.25, 0.3) is 0 Å². The highest BCUT2D eigenvalue weighted by Gasteiger charge is 2.38. The number of thioether (sulfide) groups is 1. The van der Waals surface area contributed by atoms with E-state index in [1.165, 1.54) is 0 Å². The Morgan fingerprint density at radius 1 is 0.706 bits per heavy atom. The Morgan fingerprint density at radius 2 is 1.03 bits per heavy atom. The zero-order chi connectivity index (χ0) is 27.9. The summed E-state index contributed by atoms with van der Waals surface area (Å²) < 4.78 is 63.5. The van der Waals surface area contributed by atoms with Crippen molar-refractivity contribution in [3.63, 3.8) is 0 Å². The molecule has 10 nitrogen and oxygen atoms in total. The molecule has 0 bridgehead atoms. The van der Waals surface area contributed by atoms with E-state index in [-0.39, 0.29) is 5.41 Å². The van der Waals surface area contributed by atoms with Crippen LogP contribution < -0.4 is 11.5 Å². The van der Waals surface area contributed by atoms with E-state index < -0.39 is 48.3 Å². The van der Waals surface area contributed by atoms with Gasteiger partial charge >= 0.3 is 36.2 Å². The molecule has 0 saturated heterocycles. The van der Waals surface area contributed by atoms with Gasteiger partial charge in [0, 0.05) is 0 Å². The number of nitrogens with two attached hydrogens (primary N) is 2. The lowest BCUT2D eigenvalue weighted by atomic mass is 9.84. The van der Waals surface area contributed by atoms with Crippen LogP contribution in [-0.2, 0) is 19.2 Å². The van der Waals surface area contributed by atoms with Crippen LogP contribution in [0.4, 0.5) is 26.3 Å². The number of aliphatic carboxylic acids is 4. The smallest absolute Gasteiger partial charge is 0.480 e. The molecule has 8 N–H and O–H groups in total. The molecular formula is C17H28F6N2O8S. The second kappa shape index (κ2) is 16.4. The molecule has 0 radical (unpaired) electrons. The SMILES string of the molecule is CC(C)(CCSCC[C@H](N)C(=O)O)CCC(N)C(=O)O.O=C(O)C(F)(F)F.O=C(O)C(F)(F)F. The van der Waals surface area contributed by atoms with Gasteiger partial charge in [0.05, 0.1) is 0 Å². The van der Waals surface area contributed by atoms with E-state index >= 15 is 0 Å². The summed E-state index contributed by atoms with van der Waals surface area (Å²) in [4.78, 5) is 39.0. The van der Waals surface area contributed by atoms with Gasteiger partial charge in [-0.15, -0.1) is 0 Å². The molecule has 0 amide bonds. The normalized spacial score (nSPS) is 13.4. The van der Waals surface area contributed by atoms with Gasteiger partial charge in [-0.3, -0.25) is 9.59 Å². The van der Waals surface area contributed by atoms with Gasteiger partial charge in [-0.1, -0.05) is 13.8 Å². The Balaban J connectivity index is -0.000000558. The fourth-order valence-electron chi connectivity index (χ4n) is 1.58. The first-order chi connectivity index (χ1) is 15.0. The van der Waals surface area contributed by atoms with Gasteiger partial charge in [0.2, 0.25) is 0 Å². The lowest BCUT2D eigenvalue weighted by molar-refractivity contribution is -0.193. The minimum Gasteiger partial charge on any atom is -0.480 e. The fraction of sp³-hybridized carbons (Fsp3) is 0.765. The van der Waals surface area contributed by atoms with Crippen molar-refractivity contribution in [1.29, 1.82) is 0 Å². The summed E-state index contributed by atoms with van der Waals surface area (Å²) in [5.41, 5.74) is 10.9. The highest BCUT2D eigenvalue weighted by atomic mass is 32.2. The largest absolute Gasteiger partial charge is 0.490 e. The number of rotatable bonds is 11. The van der Waals surface area contributed by atoms with Crippen molar-refractivity contribution in [3.05, 3.63) is 0 Å². The van der Waals surface area contributed by atoms with Gasteiger partial charge in [-0.25, -0.2) is 9.59 Å². The fourth-order valence-corrected chi connectivity index (χ4v) is 2.90. The third kappa shape index (κ3) is 22.9. The Hall–Kier alpha value is -2.27. The predicted octanol–water partition coefficient (Wildman–Crippen LogP) is 2.40. The number of carboxylic acids is 4. The van der Waals surface area contributed by atoms with Crippen molar-refractivity contribution < 1.29 is 65.9 Å². The lowest BCUT2D eigenvalue weighted by Gasteiger charge is -2.25. The molecule has 17 heteroatoms. The number of hydrogen-bond acceptors (Lipinski definition) is 7. The van der Waals surface area contributed by atoms with Gasteiger partial charge in [-0.05, 0) is 42.6 Å². The Kier molecular flexibility index (Phi) is 17.5. The Morgan fingerprint density at radius 3 is 1.32 bits per heavy atom. The van der Waals surface area contributed by atoms with Gasteiger partial charge < -0.3 is 31.9 Å². The van der Waals surface area contributed by atoms with Crippen LogP contribution in [0.2, 0.25) is 0 Å². The van der Waals surface area contributed by atoms with E-state index in [0.29, 0.717) is 12.8 Å². The molecule has 0 aliphatic carbocycles. The number of carboxylic acid groups (broad SMARTS) is 4. The zero-order valence-corrected chi connectivity index (χ0v) is 19.0. The highest BCUT2D eigenvalue weighted by Crippen LogP contribution is 2.29. The summed E-state index contributed by atoms with van der Waals surface area (Å²) in [6.45, 7) is 4.18. The van der Waals surface area contributed by atoms with Crippen molar-refractivity contribution in [3.8, 4) is 0 Å². The molecule has 1 unspecified atom stereocenters. The van der Waals surface area contributed by atoms with Crippen LogP contribution in [0, 0.1) is 5.41 Å². The number of hydrogen-bond donors (Lipinski definition) is 6. The van der Waals surface area contributed by atoms with E-state index in [0.717, 1.165) is 24.3 Å². The van der Waals surface area contributed by atoms with E-state index in [9.17, 15) is 35.9 Å². The molecule has 202 valence electrons. The van der Waals surface area contributed by atoms with Crippen LogP contribution in [-0.4, -0.2) is 80.2 Å². The second-order valence-electron chi connectivity index (χ2n) is 7.35. The summed E-state index contributed by atoms with van der Waals surface area (Å²) in [5.74, 6) is -5.81. The third-order valence-corrected chi connectivity index (χ3v) is 4.77. The number of halogens is 6. The predicted molar refractivity (Wildman–Crippen MR) is 108 cm³/mol. The molecule has 0 spiro atoms. The van der Waals surface area contributed by atoms with Crippen molar-refractivity contribution in [2.45, 2.75) is 64.0 Å². The summed E-state index contributed by atoms with van der Waals surface area (Å²) in [6.07, 6.45) is -7.54. The van der Waals surface area contributed by atoms with E-state index in [2.05, 4.69) is 13.8 Å². The first-order valence-corrected chi connectivity index (χ1v) is 10.3. The molecular weight excluding hydrogens is 506 g/mol. The summed E-state index contributed by atoms with van der Waals surface area (Å²) in [5, 5.41) is 31.6. The molecule has 0 heterocycles. The molecule has 0 rings (SSSR count). The summed E-state index contributed by atoms with van der Waals surface area (Å²) in [6, 6.07) is -1.58. The quantitative estimate of drug-likeness (QED) is 0.168. The highest BCUT2D eigenvalue weighted by molar-refractivity contribution is 7.99. The molecule has 2 atom stereocenters. The van der Waals surface area contributed by atoms with Crippen molar-refractivity contribution >= 4 is 35.6 Å². The molecule has 0 aromatic rings. The number of alkyl halides is 6. The maximum absolute atomic E-state index is 10.6.